The van der Waals surface area contributed by atoms with Gasteiger partial charge in [0.15, 0.2) is 0 Å². The Balaban J connectivity index is 2.17. The number of nitrogens with two attached hydrogens (primary N) is 1. The Morgan fingerprint density at radius 2 is 2.42 bits per heavy atom. The predicted molar refractivity (Wildman–Crippen MR) is 45.1 cm³/mol. The van der Waals surface area contributed by atoms with Gasteiger partial charge in [-0.15, -0.1) is 0 Å². The van der Waals surface area contributed by atoms with Crippen LogP contribution in [0.25, 0.3) is 0 Å². The van der Waals surface area contributed by atoms with Crippen LogP contribution in [-0.2, 0) is 4.79 Å². The van der Waals surface area contributed by atoms with Crippen LogP contribution in [0.2, 0.25) is 0 Å². The van der Waals surface area contributed by atoms with Crippen molar-refractivity contribution in [1.82, 2.24) is 4.90 Å². The first kappa shape index (κ1) is 7.63. The molecule has 2 N–H and O–H groups in total. The van der Waals surface area contributed by atoms with E-state index in [1.807, 2.05) is 4.90 Å². The fourth-order valence-electron chi connectivity index (χ4n) is 1.96. The maximum Gasteiger partial charge on any atom is 0.237 e. The van der Waals surface area contributed by atoms with Gasteiger partial charge in [0.2, 0.25) is 5.91 Å². The highest BCUT2D eigenvalue weighted by Gasteiger charge is 2.44. The average molecular weight is 164 g/mol. The van der Waals surface area contributed by atoms with E-state index in [9.17, 15) is 4.79 Å². The van der Waals surface area contributed by atoms with Gasteiger partial charge < -0.3 is 10.6 Å². The van der Waals surface area contributed by atoms with Crippen LogP contribution in [0.1, 0.15) is 19.3 Å². The van der Waals surface area contributed by atoms with E-state index in [-0.39, 0.29) is 18.0 Å². The first-order valence-electron chi connectivity index (χ1n) is 4.29. The second kappa shape index (κ2) is 2.49. The molecule has 3 nitrogen and oxygen atoms in total. The monoisotopic (exact) mass is 164 g/mol. The van der Waals surface area contributed by atoms with Gasteiger partial charge in [-0.3, -0.25) is 4.79 Å². The summed E-state index contributed by atoms with van der Waals surface area (Å²) in [4.78, 5) is 13.2. The van der Waals surface area contributed by atoms with E-state index in [4.69, 9.17) is 5.73 Å². The van der Waals surface area contributed by atoms with Gasteiger partial charge >= 0.3 is 0 Å². The Morgan fingerprint density at radius 3 is 2.92 bits per heavy atom. The molecule has 0 aromatic carbocycles. The number of carbonyl (C=O) groups excluding carboxylic acids is 1. The normalized spacial score (nSPS) is 31.2. The summed E-state index contributed by atoms with van der Waals surface area (Å²) in [6.07, 6.45) is 2.95. The van der Waals surface area contributed by atoms with Crippen molar-refractivity contribution in [2.24, 2.45) is 5.73 Å². The lowest BCUT2D eigenvalue weighted by molar-refractivity contribution is -0.132. The van der Waals surface area contributed by atoms with E-state index in [1.165, 1.54) is 0 Å². The van der Waals surface area contributed by atoms with Gasteiger partial charge in [0.05, 0.1) is 6.54 Å². The predicted octanol–water partition coefficient (Wildman–Crippen LogP) is -0.287. The molecule has 2 rings (SSSR count). The quantitative estimate of drug-likeness (QED) is 0.541. The number of likely N-dealkylation sites (tertiary alicyclic amines) is 1. The summed E-state index contributed by atoms with van der Waals surface area (Å²) < 4.78 is 0. The maximum atomic E-state index is 11.4. The van der Waals surface area contributed by atoms with Crippen LogP contribution in [0.5, 0.6) is 0 Å². The molecule has 2 aliphatic rings. The summed E-state index contributed by atoms with van der Waals surface area (Å²) in [5.74, 6) is 6.10. The minimum Gasteiger partial charge on any atom is -0.324 e. The lowest BCUT2D eigenvalue weighted by atomic mass is 9.86. The van der Waals surface area contributed by atoms with Crippen molar-refractivity contribution >= 4 is 5.91 Å². The first-order valence-corrected chi connectivity index (χ1v) is 4.29. The lowest BCUT2D eigenvalue weighted by Crippen LogP contribution is -2.50. The van der Waals surface area contributed by atoms with Crippen molar-refractivity contribution < 1.29 is 4.79 Å². The number of carbonyl (C=O) groups is 1. The van der Waals surface area contributed by atoms with Crippen molar-refractivity contribution in [2.75, 3.05) is 13.1 Å². The molecule has 1 fully saturated rings. The molecule has 3 heteroatoms. The average Bonchev–Trinajstić information content (AvgIpc) is 2.45. The molecule has 64 valence electrons. The largest absolute Gasteiger partial charge is 0.324 e. The molecule has 0 bridgehead atoms. The van der Waals surface area contributed by atoms with E-state index in [2.05, 4.69) is 11.8 Å². The number of amides is 1. The SMILES string of the molecule is NCC(=O)N1CCCC12C#CC2. The highest BCUT2D eigenvalue weighted by atomic mass is 16.2. The Kier molecular flexibility index (Phi) is 1.59. The molecular weight excluding hydrogens is 152 g/mol. The van der Waals surface area contributed by atoms with Gasteiger partial charge in [-0.1, -0.05) is 11.8 Å². The molecule has 1 aliphatic heterocycles. The van der Waals surface area contributed by atoms with Crippen LogP contribution >= 0.6 is 0 Å². The van der Waals surface area contributed by atoms with Crippen molar-refractivity contribution in [3.8, 4) is 11.8 Å². The second-order valence-corrected chi connectivity index (χ2v) is 3.36. The van der Waals surface area contributed by atoms with Gasteiger partial charge in [-0.2, -0.15) is 0 Å². The number of hydrogen-bond acceptors (Lipinski definition) is 2. The Hall–Kier alpha value is -1.01. The molecule has 0 saturated carbocycles. The highest BCUT2D eigenvalue weighted by Crippen LogP contribution is 2.35. The van der Waals surface area contributed by atoms with Crippen molar-refractivity contribution in [1.29, 1.82) is 0 Å². The van der Waals surface area contributed by atoms with Crippen molar-refractivity contribution in [3.05, 3.63) is 0 Å². The molecule has 1 aliphatic carbocycles. The van der Waals surface area contributed by atoms with Gasteiger partial charge in [-0.05, 0) is 12.8 Å². The molecule has 1 atom stereocenters. The van der Waals surface area contributed by atoms with Gasteiger partial charge in [-0.25, -0.2) is 0 Å². The van der Waals surface area contributed by atoms with Crippen LogP contribution in [0, 0.1) is 11.8 Å². The van der Waals surface area contributed by atoms with Crippen molar-refractivity contribution in [3.63, 3.8) is 0 Å². The summed E-state index contributed by atoms with van der Waals surface area (Å²) >= 11 is 0. The van der Waals surface area contributed by atoms with Crippen LogP contribution in [0.4, 0.5) is 0 Å². The summed E-state index contributed by atoms with van der Waals surface area (Å²) in [5.41, 5.74) is 5.21. The number of rotatable bonds is 1. The van der Waals surface area contributed by atoms with Gasteiger partial charge in [0.1, 0.15) is 5.54 Å². The zero-order valence-electron chi connectivity index (χ0n) is 6.97. The fraction of sp³-hybridized carbons (Fsp3) is 0.667. The van der Waals surface area contributed by atoms with Crippen LogP contribution in [-0.4, -0.2) is 29.4 Å². The summed E-state index contributed by atoms with van der Waals surface area (Å²) in [5, 5.41) is 0. The third-order valence-electron chi connectivity index (χ3n) is 2.67. The standard InChI is InChI=1S/C9H12N2O/c10-7-8(12)11-6-2-5-9(11)3-1-4-9/h2-3,5-7,10H2. The zero-order chi connectivity index (χ0) is 8.60. The van der Waals surface area contributed by atoms with E-state index in [1.54, 1.807) is 0 Å². The van der Waals surface area contributed by atoms with E-state index < -0.39 is 0 Å². The molecule has 1 spiro atoms. The zero-order valence-corrected chi connectivity index (χ0v) is 6.97. The minimum atomic E-state index is -0.101. The third-order valence-corrected chi connectivity index (χ3v) is 2.67. The Labute approximate surface area is 71.9 Å². The van der Waals surface area contributed by atoms with E-state index >= 15 is 0 Å². The third kappa shape index (κ3) is 0.850. The second-order valence-electron chi connectivity index (χ2n) is 3.36. The van der Waals surface area contributed by atoms with Crippen LogP contribution < -0.4 is 5.73 Å². The summed E-state index contributed by atoms with van der Waals surface area (Å²) in [6, 6.07) is 0. The highest BCUT2D eigenvalue weighted by molar-refractivity contribution is 5.80. The molecular formula is C9H12N2O. The van der Waals surface area contributed by atoms with Crippen LogP contribution in [0.15, 0.2) is 0 Å². The Bertz CT molecular complexity index is 276. The molecule has 1 heterocycles. The molecule has 0 radical (unpaired) electrons. The van der Waals surface area contributed by atoms with E-state index in [0.717, 1.165) is 25.8 Å². The Morgan fingerprint density at radius 1 is 1.67 bits per heavy atom. The molecule has 0 aromatic rings. The van der Waals surface area contributed by atoms with Crippen molar-refractivity contribution in [2.45, 2.75) is 24.8 Å². The smallest absolute Gasteiger partial charge is 0.237 e. The summed E-state index contributed by atoms with van der Waals surface area (Å²) in [6.45, 7) is 0.953. The van der Waals surface area contributed by atoms with Gasteiger partial charge in [0.25, 0.3) is 0 Å². The molecule has 1 unspecified atom stereocenters. The molecule has 12 heavy (non-hydrogen) atoms. The summed E-state index contributed by atoms with van der Waals surface area (Å²) in [7, 11) is 0. The maximum absolute atomic E-state index is 11.4. The minimum absolute atomic E-state index is 0.0431. The molecule has 1 amide bonds. The van der Waals surface area contributed by atoms with E-state index in [0.29, 0.717) is 0 Å². The molecule has 0 aromatic heterocycles. The lowest BCUT2D eigenvalue weighted by Gasteiger charge is -2.36. The molecule has 1 saturated heterocycles. The fourth-order valence-corrected chi connectivity index (χ4v) is 1.96. The van der Waals surface area contributed by atoms with Gasteiger partial charge in [0, 0.05) is 13.0 Å². The first-order chi connectivity index (χ1) is 5.78. The number of hydrogen-bond donors (Lipinski definition) is 1. The topological polar surface area (TPSA) is 46.3 Å². The number of nitrogens with zero attached hydrogens (tertiary/aromatic N) is 1. The van der Waals surface area contributed by atoms with Crippen LogP contribution in [0.3, 0.4) is 0 Å².